The molecule has 6 heteroatoms. The van der Waals surface area contributed by atoms with Crippen LogP contribution in [0.3, 0.4) is 0 Å². The summed E-state index contributed by atoms with van der Waals surface area (Å²) in [5, 5.41) is 3.66. The van der Waals surface area contributed by atoms with Crippen LogP contribution in [0.15, 0.2) is 42.5 Å². The van der Waals surface area contributed by atoms with E-state index in [1.54, 1.807) is 18.2 Å². The van der Waals surface area contributed by atoms with Gasteiger partial charge in [-0.2, -0.15) is 0 Å². The molecule has 3 rings (SSSR count). The molecule has 1 saturated carbocycles. The van der Waals surface area contributed by atoms with Gasteiger partial charge < -0.3 is 10.2 Å². The van der Waals surface area contributed by atoms with Crippen LogP contribution < -0.4 is 5.32 Å². The van der Waals surface area contributed by atoms with E-state index in [4.69, 9.17) is 23.2 Å². The summed E-state index contributed by atoms with van der Waals surface area (Å²) in [4.78, 5) is 26.6. The molecule has 0 heterocycles. The molecule has 2 aromatic carbocycles. The maximum Gasteiger partial charge on any atom is 0.255 e. The first-order valence-corrected chi connectivity index (χ1v) is 10.8. The zero-order valence-electron chi connectivity index (χ0n) is 16.8. The molecular weight excluding hydrogens is 407 g/mol. The van der Waals surface area contributed by atoms with Crippen LogP contribution in [0.1, 0.15) is 54.4 Å². The van der Waals surface area contributed by atoms with E-state index < -0.39 is 0 Å². The van der Waals surface area contributed by atoms with Gasteiger partial charge in [0, 0.05) is 30.8 Å². The van der Waals surface area contributed by atoms with Crippen LogP contribution in [0.2, 0.25) is 10.0 Å². The maximum atomic E-state index is 12.4. The molecule has 154 valence electrons. The molecule has 0 saturated heterocycles. The van der Waals surface area contributed by atoms with E-state index in [0.717, 1.165) is 37.9 Å². The minimum Gasteiger partial charge on any atom is -0.346 e. The van der Waals surface area contributed by atoms with Crippen molar-refractivity contribution in [3.63, 3.8) is 0 Å². The molecule has 0 unspecified atom stereocenters. The normalized spacial score (nSPS) is 18.9. The molecule has 2 amide bonds. The molecule has 29 heavy (non-hydrogen) atoms. The molecule has 1 aliphatic carbocycles. The highest BCUT2D eigenvalue weighted by Gasteiger charge is 2.28. The number of halogens is 2. The molecule has 0 radical (unpaired) electrons. The lowest BCUT2D eigenvalue weighted by molar-refractivity contribution is -0.135. The van der Waals surface area contributed by atoms with Gasteiger partial charge >= 0.3 is 0 Å². The molecule has 4 nitrogen and oxygen atoms in total. The molecule has 0 atom stereocenters. The standard InChI is InChI=1S/C23H26Cl2N2O2/c1-3-27(2)23(29)17-6-4-15(5-7-17)16-8-11-19(12-9-16)26-22(28)18-10-13-20(24)21(25)14-18/h8-15,17H,3-7H2,1-2H3,(H,26,28)/t15-,17+. The van der Waals surface area contributed by atoms with Crippen LogP contribution in [0.5, 0.6) is 0 Å². The van der Waals surface area contributed by atoms with Crippen LogP contribution in [-0.2, 0) is 4.79 Å². The predicted molar refractivity (Wildman–Crippen MR) is 119 cm³/mol. The predicted octanol–water partition coefficient (Wildman–Crippen LogP) is 6.00. The van der Waals surface area contributed by atoms with Crippen LogP contribution in [-0.4, -0.2) is 30.3 Å². The minimum absolute atomic E-state index is 0.154. The summed E-state index contributed by atoms with van der Waals surface area (Å²) in [6, 6.07) is 12.8. The Hall–Kier alpha value is -2.04. The molecule has 2 aromatic rings. The summed E-state index contributed by atoms with van der Waals surface area (Å²) in [5.41, 5.74) is 2.45. The highest BCUT2D eigenvalue weighted by atomic mass is 35.5. The third-order valence-electron chi connectivity index (χ3n) is 5.75. The van der Waals surface area contributed by atoms with Crippen molar-refractivity contribution in [3.05, 3.63) is 63.6 Å². The Morgan fingerprint density at radius 3 is 2.24 bits per heavy atom. The second kappa shape index (κ2) is 9.64. The summed E-state index contributed by atoms with van der Waals surface area (Å²) >= 11 is 11.9. The van der Waals surface area contributed by atoms with Gasteiger partial charge in [0.15, 0.2) is 0 Å². The highest BCUT2D eigenvalue weighted by Crippen LogP contribution is 2.36. The molecule has 0 bridgehead atoms. The quantitative estimate of drug-likeness (QED) is 0.629. The van der Waals surface area contributed by atoms with Crippen LogP contribution in [0.4, 0.5) is 5.69 Å². The molecular formula is C23H26Cl2N2O2. The fourth-order valence-corrected chi connectivity index (χ4v) is 4.12. The SMILES string of the molecule is CCN(C)C(=O)[C@H]1CC[C@@H](c2ccc(NC(=O)c3ccc(Cl)c(Cl)c3)cc2)CC1. The highest BCUT2D eigenvalue weighted by molar-refractivity contribution is 6.42. The summed E-state index contributed by atoms with van der Waals surface area (Å²) in [6.07, 6.45) is 3.90. The van der Waals surface area contributed by atoms with Gasteiger partial charge in [-0.25, -0.2) is 0 Å². The topological polar surface area (TPSA) is 49.4 Å². The first-order chi connectivity index (χ1) is 13.9. The van der Waals surface area contributed by atoms with Crippen molar-refractivity contribution in [1.82, 2.24) is 4.90 Å². The summed E-state index contributed by atoms with van der Waals surface area (Å²) in [7, 11) is 1.87. The van der Waals surface area contributed by atoms with E-state index in [9.17, 15) is 9.59 Å². The van der Waals surface area contributed by atoms with Crippen molar-refractivity contribution in [1.29, 1.82) is 0 Å². The van der Waals surface area contributed by atoms with E-state index in [0.29, 0.717) is 21.5 Å². The molecule has 1 N–H and O–H groups in total. The second-order valence-electron chi connectivity index (χ2n) is 7.61. The molecule has 1 fully saturated rings. The van der Waals surface area contributed by atoms with Gasteiger partial charge in [-0.05, 0) is 74.4 Å². The summed E-state index contributed by atoms with van der Waals surface area (Å²) < 4.78 is 0. The van der Waals surface area contributed by atoms with Crippen molar-refractivity contribution in [2.75, 3.05) is 18.9 Å². The lowest BCUT2D eigenvalue weighted by atomic mass is 9.78. The number of carbonyl (C=O) groups excluding carboxylic acids is 2. The van der Waals surface area contributed by atoms with Gasteiger partial charge in [0.1, 0.15) is 0 Å². The van der Waals surface area contributed by atoms with Crippen LogP contribution in [0, 0.1) is 5.92 Å². The molecule has 0 aromatic heterocycles. The first kappa shape index (κ1) is 21.7. The molecule has 1 aliphatic rings. The number of anilines is 1. The van der Waals surface area contributed by atoms with Crippen molar-refractivity contribution in [2.24, 2.45) is 5.92 Å². The van der Waals surface area contributed by atoms with Gasteiger partial charge in [-0.1, -0.05) is 35.3 Å². The Labute approximate surface area is 182 Å². The zero-order chi connectivity index (χ0) is 21.0. The van der Waals surface area contributed by atoms with Crippen LogP contribution >= 0.6 is 23.2 Å². The number of rotatable bonds is 5. The van der Waals surface area contributed by atoms with Crippen molar-refractivity contribution in [3.8, 4) is 0 Å². The first-order valence-electron chi connectivity index (χ1n) is 10.0. The number of benzene rings is 2. The van der Waals surface area contributed by atoms with E-state index in [1.807, 2.05) is 31.0 Å². The average Bonchev–Trinajstić information content (AvgIpc) is 2.75. The number of carbonyl (C=O) groups is 2. The van der Waals surface area contributed by atoms with Gasteiger partial charge in [-0.3, -0.25) is 9.59 Å². The van der Waals surface area contributed by atoms with Gasteiger partial charge in [0.05, 0.1) is 10.0 Å². The van der Waals surface area contributed by atoms with Crippen molar-refractivity contribution >= 4 is 40.7 Å². The van der Waals surface area contributed by atoms with Crippen LogP contribution in [0.25, 0.3) is 0 Å². The Morgan fingerprint density at radius 2 is 1.66 bits per heavy atom. The van der Waals surface area contributed by atoms with E-state index in [2.05, 4.69) is 17.4 Å². The second-order valence-corrected chi connectivity index (χ2v) is 8.42. The van der Waals surface area contributed by atoms with E-state index >= 15 is 0 Å². The Kier molecular flexibility index (Phi) is 7.20. The van der Waals surface area contributed by atoms with Gasteiger partial charge in [0.25, 0.3) is 5.91 Å². The van der Waals surface area contributed by atoms with Gasteiger partial charge in [0.2, 0.25) is 5.91 Å². The zero-order valence-corrected chi connectivity index (χ0v) is 18.3. The molecule has 0 aliphatic heterocycles. The summed E-state index contributed by atoms with van der Waals surface area (Å²) in [6.45, 7) is 2.76. The largest absolute Gasteiger partial charge is 0.346 e. The van der Waals surface area contributed by atoms with Crippen molar-refractivity contribution < 1.29 is 9.59 Å². The Bertz CT molecular complexity index is 875. The van der Waals surface area contributed by atoms with Gasteiger partial charge in [-0.15, -0.1) is 0 Å². The fraction of sp³-hybridized carbons (Fsp3) is 0.391. The average molecular weight is 433 g/mol. The third-order valence-corrected chi connectivity index (χ3v) is 6.49. The number of nitrogens with one attached hydrogen (secondary N) is 1. The molecule has 0 spiro atoms. The smallest absolute Gasteiger partial charge is 0.255 e. The van der Waals surface area contributed by atoms with Crippen molar-refractivity contribution in [2.45, 2.75) is 38.5 Å². The number of nitrogens with zero attached hydrogens (tertiary/aromatic N) is 1. The Morgan fingerprint density at radius 1 is 1.00 bits per heavy atom. The lowest BCUT2D eigenvalue weighted by Gasteiger charge is -2.30. The number of hydrogen-bond donors (Lipinski definition) is 1. The summed E-state index contributed by atoms with van der Waals surface area (Å²) in [5.74, 6) is 0.661. The fourth-order valence-electron chi connectivity index (χ4n) is 3.82. The van der Waals surface area contributed by atoms with E-state index in [-0.39, 0.29) is 17.7 Å². The number of amides is 2. The van der Waals surface area contributed by atoms with E-state index in [1.165, 1.54) is 5.56 Å². The Balaban J connectivity index is 1.57. The lowest BCUT2D eigenvalue weighted by Crippen LogP contribution is -2.34. The monoisotopic (exact) mass is 432 g/mol. The maximum absolute atomic E-state index is 12.4. The minimum atomic E-state index is -0.226. The third kappa shape index (κ3) is 5.31. The number of hydrogen-bond acceptors (Lipinski definition) is 2.